The van der Waals surface area contributed by atoms with E-state index in [4.69, 9.17) is 0 Å². The van der Waals surface area contributed by atoms with E-state index >= 15 is 0 Å². The summed E-state index contributed by atoms with van der Waals surface area (Å²) in [6, 6.07) is 19.2. The average molecular weight is 465 g/mol. The van der Waals surface area contributed by atoms with Crippen molar-refractivity contribution in [1.82, 2.24) is 0 Å². The van der Waals surface area contributed by atoms with E-state index in [1.807, 2.05) is 12.1 Å². The molecule has 0 spiro atoms. The van der Waals surface area contributed by atoms with Crippen LogP contribution in [0.2, 0.25) is 0 Å². The van der Waals surface area contributed by atoms with Crippen molar-refractivity contribution in [1.29, 1.82) is 0 Å². The van der Waals surface area contributed by atoms with E-state index in [2.05, 4.69) is 35.6 Å². The van der Waals surface area contributed by atoms with Crippen molar-refractivity contribution in [2.75, 3.05) is 16.8 Å². The van der Waals surface area contributed by atoms with Gasteiger partial charge in [-0.2, -0.15) is 13.2 Å². The van der Waals surface area contributed by atoms with Crippen LogP contribution in [0.25, 0.3) is 11.1 Å². The molecule has 6 heteroatoms. The molecule has 0 radical (unpaired) electrons. The maximum Gasteiger partial charge on any atom is 0.416 e. The third-order valence-electron chi connectivity index (χ3n) is 6.98. The van der Waals surface area contributed by atoms with Crippen LogP contribution < -0.4 is 10.2 Å². The van der Waals surface area contributed by atoms with E-state index in [0.29, 0.717) is 18.9 Å². The predicted octanol–water partition coefficient (Wildman–Crippen LogP) is 8.01. The average Bonchev–Trinajstić information content (AvgIpc) is 3.28. The molecule has 2 aliphatic rings. The van der Waals surface area contributed by atoms with E-state index < -0.39 is 17.8 Å². The predicted molar refractivity (Wildman–Crippen MR) is 129 cm³/mol. The standard InChI is InChI=1S/C28H27F3N2O/c29-28(30,31)24-7-4-8-25(18-24)32-27(34)33-16-15-23-17-22(13-14-26(23)33)21-11-9-20(10-12-21)19-5-2-1-3-6-19/h4,7-14,17-19H,1-3,5-6,15-16H2,(H,32,34). The Kier molecular flexibility index (Phi) is 6.07. The van der Waals surface area contributed by atoms with Gasteiger partial charge in [-0.05, 0) is 77.8 Å². The van der Waals surface area contributed by atoms with Crippen LogP contribution in [0.5, 0.6) is 0 Å². The summed E-state index contributed by atoms with van der Waals surface area (Å²) in [5.74, 6) is 0.673. The number of halogens is 3. The number of urea groups is 1. The third kappa shape index (κ3) is 4.67. The molecule has 5 rings (SSSR count). The number of hydrogen-bond donors (Lipinski definition) is 1. The van der Waals surface area contributed by atoms with Gasteiger partial charge in [0.05, 0.1) is 5.56 Å². The van der Waals surface area contributed by atoms with Crippen LogP contribution in [0.4, 0.5) is 29.3 Å². The van der Waals surface area contributed by atoms with E-state index in [-0.39, 0.29) is 5.69 Å². The lowest BCUT2D eigenvalue weighted by molar-refractivity contribution is -0.137. The molecule has 0 bridgehead atoms. The van der Waals surface area contributed by atoms with Crippen molar-refractivity contribution in [3.8, 4) is 11.1 Å². The molecule has 1 saturated carbocycles. The smallest absolute Gasteiger partial charge is 0.308 e. The molecule has 3 aromatic rings. The minimum Gasteiger partial charge on any atom is -0.308 e. The summed E-state index contributed by atoms with van der Waals surface area (Å²) in [4.78, 5) is 14.4. The van der Waals surface area contributed by atoms with Gasteiger partial charge >= 0.3 is 12.2 Å². The molecule has 1 N–H and O–H groups in total. The summed E-state index contributed by atoms with van der Waals surface area (Å²) >= 11 is 0. The maximum atomic E-state index is 13.0. The Balaban J connectivity index is 1.30. The topological polar surface area (TPSA) is 32.3 Å². The van der Waals surface area contributed by atoms with Gasteiger partial charge in [0, 0.05) is 17.9 Å². The number of alkyl halides is 3. The quantitative estimate of drug-likeness (QED) is 0.418. The van der Waals surface area contributed by atoms with Crippen LogP contribution in [0, 0.1) is 0 Å². The van der Waals surface area contributed by atoms with Crippen molar-refractivity contribution in [2.24, 2.45) is 0 Å². The van der Waals surface area contributed by atoms with Crippen LogP contribution in [0.1, 0.15) is 54.7 Å². The second kappa shape index (κ2) is 9.16. The Bertz CT molecular complexity index is 1180. The van der Waals surface area contributed by atoms with Gasteiger partial charge in [-0.25, -0.2) is 4.79 Å². The Labute approximate surface area is 197 Å². The Morgan fingerprint density at radius 1 is 0.882 bits per heavy atom. The summed E-state index contributed by atoms with van der Waals surface area (Å²) in [5, 5.41) is 2.61. The van der Waals surface area contributed by atoms with Gasteiger partial charge in [0.1, 0.15) is 0 Å². The van der Waals surface area contributed by atoms with Crippen LogP contribution >= 0.6 is 0 Å². The van der Waals surface area contributed by atoms with Crippen molar-refractivity contribution < 1.29 is 18.0 Å². The molecule has 34 heavy (non-hydrogen) atoms. The minimum atomic E-state index is -4.45. The van der Waals surface area contributed by atoms with Crippen LogP contribution in [0.15, 0.2) is 66.7 Å². The summed E-state index contributed by atoms with van der Waals surface area (Å²) in [7, 11) is 0. The molecule has 1 fully saturated rings. The molecule has 0 aromatic heterocycles. The fourth-order valence-corrected chi connectivity index (χ4v) is 5.14. The van der Waals surface area contributed by atoms with Gasteiger partial charge in [-0.15, -0.1) is 0 Å². The second-order valence-electron chi connectivity index (χ2n) is 9.21. The number of benzene rings is 3. The van der Waals surface area contributed by atoms with Gasteiger partial charge in [0.25, 0.3) is 0 Å². The first kappa shape index (κ1) is 22.5. The molecule has 176 valence electrons. The zero-order chi connectivity index (χ0) is 23.7. The highest BCUT2D eigenvalue weighted by Crippen LogP contribution is 2.36. The zero-order valence-electron chi connectivity index (χ0n) is 18.9. The summed E-state index contributed by atoms with van der Waals surface area (Å²) in [5.41, 5.74) is 4.87. The zero-order valence-corrected chi connectivity index (χ0v) is 18.9. The number of nitrogens with one attached hydrogen (secondary N) is 1. The number of nitrogens with zero attached hydrogens (tertiary/aromatic N) is 1. The highest BCUT2D eigenvalue weighted by molar-refractivity contribution is 6.03. The summed E-state index contributed by atoms with van der Waals surface area (Å²) in [6.07, 6.45) is 2.78. The van der Waals surface area contributed by atoms with E-state index in [0.717, 1.165) is 34.5 Å². The largest absolute Gasteiger partial charge is 0.416 e. The van der Waals surface area contributed by atoms with Crippen LogP contribution in [-0.4, -0.2) is 12.6 Å². The monoisotopic (exact) mass is 464 g/mol. The first-order valence-electron chi connectivity index (χ1n) is 11.9. The number of anilines is 2. The summed E-state index contributed by atoms with van der Waals surface area (Å²) in [6.45, 7) is 0.490. The lowest BCUT2D eigenvalue weighted by Gasteiger charge is -2.22. The number of amides is 2. The molecule has 1 aliphatic carbocycles. The highest BCUT2D eigenvalue weighted by Gasteiger charge is 2.31. The SMILES string of the molecule is O=C(Nc1cccc(C(F)(F)F)c1)N1CCc2cc(-c3ccc(C4CCCCC4)cc3)ccc21. The maximum absolute atomic E-state index is 13.0. The van der Waals surface area contributed by atoms with Crippen molar-refractivity contribution in [3.05, 3.63) is 83.4 Å². The number of fused-ring (bicyclic) bond motifs is 1. The van der Waals surface area contributed by atoms with Crippen LogP contribution in [-0.2, 0) is 12.6 Å². The molecule has 0 unspecified atom stereocenters. The van der Waals surface area contributed by atoms with Crippen molar-refractivity contribution >= 4 is 17.4 Å². The van der Waals surface area contributed by atoms with Gasteiger partial charge < -0.3 is 5.32 Å². The van der Waals surface area contributed by atoms with Gasteiger partial charge in [0.2, 0.25) is 0 Å². The molecular weight excluding hydrogens is 437 g/mol. The first-order chi connectivity index (χ1) is 16.4. The van der Waals surface area contributed by atoms with Crippen molar-refractivity contribution in [2.45, 2.75) is 50.6 Å². The van der Waals surface area contributed by atoms with Crippen molar-refractivity contribution in [3.63, 3.8) is 0 Å². The van der Waals surface area contributed by atoms with E-state index in [9.17, 15) is 18.0 Å². The first-order valence-corrected chi connectivity index (χ1v) is 11.9. The molecule has 3 nitrogen and oxygen atoms in total. The Hall–Kier alpha value is -3.28. The Morgan fingerprint density at radius 2 is 1.62 bits per heavy atom. The Morgan fingerprint density at radius 3 is 2.35 bits per heavy atom. The normalized spacial score (nSPS) is 16.4. The minimum absolute atomic E-state index is 0.128. The fourth-order valence-electron chi connectivity index (χ4n) is 5.14. The lowest BCUT2D eigenvalue weighted by Crippen LogP contribution is -2.33. The lowest BCUT2D eigenvalue weighted by atomic mass is 9.83. The molecule has 2 amide bonds. The molecule has 1 aliphatic heterocycles. The second-order valence-corrected chi connectivity index (χ2v) is 9.21. The number of carbonyl (C=O) groups excluding carboxylic acids is 1. The van der Waals surface area contributed by atoms with Crippen LogP contribution in [0.3, 0.4) is 0 Å². The van der Waals surface area contributed by atoms with E-state index in [1.165, 1.54) is 49.8 Å². The van der Waals surface area contributed by atoms with Gasteiger partial charge in [-0.1, -0.05) is 55.7 Å². The van der Waals surface area contributed by atoms with Gasteiger partial charge in [0.15, 0.2) is 0 Å². The summed E-state index contributed by atoms with van der Waals surface area (Å²) < 4.78 is 38.9. The highest BCUT2D eigenvalue weighted by atomic mass is 19.4. The number of rotatable bonds is 3. The van der Waals surface area contributed by atoms with E-state index in [1.54, 1.807) is 4.90 Å². The van der Waals surface area contributed by atoms with Gasteiger partial charge in [-0.3, -0.25) is 4.90 Å². The molecule has 1 heterocycles. The molecule has 0 atom stereocenters. The molecular formula is C28H27F3N2O. The third-order valence-corrected chi connectivity index (χ3v) is 6.98. The number of carbonyl (C=O) groups is 1. The molecule has 0 saturated heterocycles. The number of hydrogen-bond acceptors (Lipinski definition) is 1. The molecule has 3 aromatic carbocycles. The fraction of sp³-hybridized carbons (Fsp3) is 0.321.